The predicted molar refractivity (Wildman–Crippen MR) is 123 cm³/mol. The van der Waals surface area contributed by atoms with Crippen molar-refractivity contribution < 1.29 is 19.2 Å². The Morgan fingerprint density at radius 3 is 2.64 bits per heavy atom. The van der Waals surface area contributed by atoms with E-state index >= 15 is 0 Å². The highest BCUT2D eigenvalue weighted by atomic mass is 16.6. The molecule has 0 radical (unpaired) electrons. The summed E-state index contributed by atoms with van der Waals surface area (Å²) in [5.41, 5.74) is 4.94. The number of aromatic nitrogens is 1. The second-order valence-electron chi connectivity index (χ2n) is 8.64. The molecule has 0 saturated heterocycles. The topological polar surface area (TPSA) is 108 Å². The summed E-state index contributed by atoms with van der Waals surface area (Å²) in [5.74, 6) is 0.716. The van der Waals surface area contributed by atoms with Crippen molar-refractivity contribution in [2.75, 3.05) is 6.61 Å². The van der Waals surface area contributed by atoms with Crippen molar-refractivity contribution in [1.82, 2.24) is 9.99 Å². The van der Waals surface area contributed by atoms with Gasteiger partial charge in [0.05, 0.1) is 16.8 Å². The van der Waals surface area contributed by atoms with Crippen molar-refractivity contribution in [3.05, 3.63) is 82.2 Å². The third kappa shape index (κ3) is 4.87. The number of hydrogen-bond acceptors (Lipinski definition) is 6. The molecule has 0 spiro atoms. The predicted octanol–water partition coefficient (Wildman–Crippen LogP) is 3.97. The van der Waals surface area contributed by atoms with Gasteiger partial charge in [-0.15, -0.1) is 0 Å². The summed E-state index contributed by atoms with van der Waals surface area (Å²) in [6.45, 7) is 6.39. The minimum absolute atomic E-state index is 0.0132. The third-order valence-electron chi connectivity index (χ3n) is 5.25. The molecule has 0 saturated carbocycles. The molecule has 1 aromatic heterocycles. The molecule has 1 aliphatic rings. The number of carbonyl (C=O) groups excluding carboxylic acids is 1. The van der Waals surface area contributed by atoms with Crippen molar-refractivity contribution >= 4 is 17.8 Å². The zero-order valence-electron chi connectivity index (χ0n) is 18.5. The first-order valence-corrected chi connectivity index (χ1v) is 10.4. The molecule has 9 nitrogen and oxygen atoms in total. The van der Waals surface area contributed by atoms with Crippen LogP contribution in [0.3, 0.4) is 0 Å². The first-order valence-electron chi connectivity index (χ1n) is 10.4. The molecule has 1 unspecified atom stereocenters. The Morgan fingerprint density at radius 2 is 1.94 bits per heavy atom. The van der Waals surface area contributed by atoms with Gasteiger partial charge in [0.25, 0.3) is 11.6 Å². The number of non-ortho nitro benzene ring substituents is 1. The molecule has 1 N–H and O–H groups in total. The molecule has 0 bridgehead atoms. The minimum Gasteiger partial charge on any atom is -0.485 e. The Kier molecular flexibility index (Phi) is 5.87. The number of nitrogens with zero attached hydrogens (tertiary/aromatic N) is 3. The fourth-order valence-corrected chi connectivity index (χ4v) is 3.37. The second kappa shape index (κ2) is 8.78. The van der Waals surface area contributed by atoms with Crippen LogP contribution in [0.2, 0.25) is 0 Å². The summed E-state index contributed by atoms with van der Waals surface area (Å²) in [7, 11) is 0. The van der Waals surface area contributed by atoms with Crippen LogP contribution in [-0.4, -0.2) is 34.3 Å². The molecule has 33 heavy (non-hydrogen) atoms. The van der Waals surface area contributed by atoms with Gasteiger partial charge in [-0.3, -0.25) is 14.9 Å². The van der Waals surface area contributed by atoms with Gasteiger partial charge in [-0.1, -0.05) is 26.8 Å². The first-order chi connectivity index (χ1) is 15.7. The number of nitro groups is 1. The number of amides is 1. The van der Waals surface area contributed by atoms with Crippen molar-refractivity contribution in [1.29, 1.82) is 0 Å². The van der Waals surface area contributed by atoms with Crippen LogP contribution < -0.4 is 14.9 Å². The van der Waals surface area contributed by atoms with E-state index in [2.05, 4.69) is 31.3 Å². The molecule has 9 heteroatoms. The highest BCUT2D eigenvalue weighted by Crippen LogP contribution is 2.36. The second-order valence-corrected chi connectivity index (χ2v) is 8.64. The normalized spacial score (nSPS) is 15.4. The van der Waals surface area contributed by atoms with Crippen LogP contribution >= 0.6 is 0 Å². The van der Waals surface area contributed by atoms with Crippen molar-refractivity contribution in [2.45, 2.75) is 32.3 Å². The number of benzene rings is 2. The fourth-order valence-electron chi connectivity index (χ4n) is 3.37. The lowest BCUT2D eigenvalue weighted by molar-refractivity contribution is -0.384. The van der Waals surface area contributed by atoms with Crippen LogP contribution in [0.25, 0.3) is 5.69 Å². The van der Waals surface area contributed by atoms with Crippen LogP contribution in [-0.2, 0) is 10.2 Å². The van der Waals surface area contributed by atoms with Crippen LogP contribution in [0, 0.1) is 10.1 Å². The molecule has 2 heterocycles. The van der Waals surface area contributed by atoms with Crippen LogP contribution in [0.1, 0.15) is 32.0 Å². The van der Waals surface area contributed by atoms with Gasteiger partial charge in [0.1, 0.15) is 6.61 Å². The number of carbonyl (C=O) groups is 1. The Labute approximate surface area is 190 Å². The molecule has 1 atom stereocenters. The summed E-state index contributed by atoms with van der Waals surface area (Å²) >= 11 is 0. The largest absolute Gasteiger partial charge is 0.485 e. The number of nitrogens with one attached hydrogen (secondary N) is 1. The Morgan fingerprint density at radius 1 is 1.18 bits per heavy atom. The van der Waals surface area contributed by atoms with E-state index < -0.39 is 16.9 Å². The summed E-state index contributed by atoms with van der Waals surface area (Å²) in [6.07, 6.45) is 2.47. The van der Waals surface area contributed by atoms with E-state index in [0.717, 1.165) is 11.3 Å². The molecule has 0 aliphatic carbocycles. The number of fused-ring (bicyclic) bond motifs is 1. The van der Waals surface area contributed by atoms with Gasteiger partial charge in [-0.2, -0.15) is 5.10 Å². The highest BCUT2D eigenvalue weighted by Gasteiger charge is 2.28. The van der Waals surface area contributed by atoms with Gasteiger partial charge in [0.15, 0.2) is 11.5 Å². The van der Waals surface area contributed by atoms with Crippen molar-refractivity contribution in [2.24, 2.45) is 5.10 Å². The van der Waals surface area contributed by atoms with Gasteiger partial charge < -0.3 is 14.0 Å². The number of rotatable bonds is 5. The van der Waals surface area contributed by atoms with E-state index in [0.29, 0.717) is 17.2 Å². The van der Waals surface area contributed by atoms with Crippen LogP contribution in [0.4, 0.5) is 5.69 Å². The number of hydrazone groups is 1. The van der Waals surface area contributed by atoms with Gasteiger partial charge in [-0.25, -0.2) is 5.43 Å². The summed E-state index contributed by atoms with van der Waals surface area (Å²) < 4.78 is 13.4. The number of nitro benzene ring substituents is 1. The van der Waals surface area contributed by atoms with E-state index in [1.165, 1.54) is 18.3 Å². The Hall–Kier alpha value is -4.14. The van der Waals surface area contributed by atoms with E-state index in [-0.39, 0.29) is 17.7 Å². The van der Waals surface area contributed by atoms with E-state index in [4.69, 9.17) is 9.47 Å². The standard InChI is InChI=1S/C24H24N4O5/c1-24(2,3)16-6-11-20-21(13-16)33-22(15-32-20)23(29)26-25-14-19-5-4-12-27(19)17-7-9-18(10-8-17)28(30)31/h4-14,22H,15H2,1-3H3,(H,26,29)/b25-14-. The molecule has 2 aromatic carbocycles. The third-order valence-corrected chi connectivity index (χ3v) is 5.25. The van der Waals surface area contributed by atoms with Gasteiger partial charge >= 0.3 is 0 Å². The molecule has 1 aliphatic heterocycles. The number of ether oxygens (including phenoxy) is 2. The SMILES string of the molecule is CC(C)(C)c1ccc2c(c1)OC(C(=O)N/N=C\c1cccn1-c1ccc([N+](=O)[O-])cc1)CO2. The van der Waals surface area contributed by atoms with Crippen LogP contribution in [0.5, 0.6) is 11.5 Å². The molecule has 4 rings (SSSR count). The van der Waals surface area contributed by atoms with Crippen molar-refractivity contribution in [3.63, 3.8) is 0 Å². The summed E-state index contributed by atoms with van der Waals surface area (Å²) in [5, 5.41) is 14.9. The van der Waals surface area contributed by atoms with Gasteiger partial charge in [-0.05, 0) is 47.4 Å². The Bertz CT molecular complexity index is 1210. The lowest BCUT2D eigenvalue weighted by atomic mass is 9.87. The molecule has 1 amide bonds. The van der Waals surface area contributed by atoms with Crippen LogP contribution in [0.15, 0.2) is 65.9 Å². The average Bonchev–Trinajstić information content (AvgIpc) is 3.26. The van der Waals surface area contributed by atoms with E-state index in [1.54, 1.807) is 22.9 Å². The zero-order chi connectivity index (χ0) is 23.6. The van der Waals surface area contributed by atoms with E-state index in [9.17, 15) is 14.9 Å². The maximum atomic E-state index is 12.6. The average molecular weight is 448 g/mol. The summed E-state index contributed by atoms with van der Waals surface area (Å²) in [4.78, 5) is 23.0. The monoisotopic (exact) mass is 448 g/mol. The molecular weight excluding hydrogens is 424 g/mol. The smallest absolute Gasteiger partial charge is 0.284 e. The maximum absolute atomic E-state index is 12.6. The first kappa shape index (κ1) is 22.1. The lowest BCUT2D eigenvalue weighted by Gasteiger charge is -2.27. The fraction of sp³-hybridized carbons (Fsp3) is 0.250. The Balaban J connectivity index is 1.42. The molecular formula is C24H24N4O5. The number of hydrogen-bond donors (Lipinski definition) is 1. The van der Waals surface area contributed by atoms with Crippen molar-refractivity contribution in [3.8, 4) is 17.2 Å². The highest BCUT2D eigenvalue weighted by molar-refractivity contribution is 5.84. The van der Waals surface area contributed by atoms with Gasteiger partial charge in [0, 0.05) is 24.0 Å². The van der Waals surface area contributed by atoms with Gasteiger partial charge in [0.2, 0.25) is 6.10 Å². The summed E-state index contributed by atoms with van der Waals surface area (Å²) in [6, 6.07) is 15.5. The quantitative estimate of drug-likeness (QED) is 0.361. The maximum Gasteiger partial charge on any atom is 0.284 e. The lowest BCUT2D eigenvalue weighted by Crippen LogP contribution is -2.42. The molecule has 170 valence electrons. The molecule has 0 fully saturated rings. The molecule has 3 aromatic rings. The van der Waals surface area contributed by atoms with E-state index in [1.807, 2.05) is 30.3 Å². The minimum atomic E-state index is -0.827. The zero-order valence-corrected chi connectivity index (χ0v) is 18.5.